The summed E-state index contributed by atoms with van der Waals surface area (Å²) in [4.78, 5) is 9.37. The maximum Gasteiger partial charge on any atom is 0.129 e. The Labute approximate surface area is 155 Å². The number of nitrogens with zero attached hydrogens (tertiary/aromatic N) is 2. The predicted molar refractivity (Wildman–Crippen MR) is 107 cm³/mol. The second-order valence-electron chi connectivity index (χ2n) is 6.25. The SMILES string of the molecule is CCN(CC)CCON=C1c2ccccc2CSc2ccc(C)cc21. The van der Waals surface area contributed by atoms with Gasteiger partial charge in [-0.2, -0.15) is 0 Å². The van der Waals surface area contributed by atoms with Crippen LogP contribution >= 0.6 is 11.8 Å². The standard InChI is InChI=1S/C21H26N2OS/c1-4-23(5-2)12-13-24-22-21-18-9-7-6-8-17(18)15-25-20-11-10-16(3)14-19(20)21/h6-11,14H,4-5,12-13,15H2,1-3H3. The van der Waals surface area contributed by atoms with Crippen molar-refractivity contribution in [2.45, 2.75) is 31.4 Å². The van der Waals surface area contributed by atoms with E-state index in [1.165, 1.54) is 27.1 Å². The molecule has 0 atom stereocenters. The van der Waals surface area contributed by atoms with E-state index in [1.807, 2.05) is 11.8 Å². The lowest BCUT2D eigenvalue weighted by Gasteiger charge is -2.17. The fourth-order valence-electron chi connectivity index (χ4n) is 3.05. The Morgan fingerprint density at radius 1 is 1.08 bits per heavy atom. The zero-order chi connectivity index (χ0) is 17.6. The third-order valence-electron chi connectivity index (χ3n) is 4.59. The first-order valence-electron chi connectivity index (χ1n) is 8.97. The number of hydrogen-bond donors (Lipinski definition) is 0. The highest BCUT2D eigenvalue weighted by atomic mass is 32.2. The van der Waals surface area contributed by atoms with Gasteiger partial charge >= 0.3 is 0 Å². The molecule has 132 valence electrons. The number of aryl methyl sites for hydroxylation is 1. The molecule has 1 heterocycles. The zero-order valence-corrected chi connectivity index (χ0v) is 16.1. The molecule has 0 aromatic heterocycles. The average molecular weight is 355 g/mol. The fraction of sp³-hybridized carbons (Fsp3) is 0.381. The lowest BCUT2D eigenvalue weighted by atomic mass is 9.97. The van der Waals surface area contributed by atoms with Gasteiger partial charge in [-0.1, -0.05) is 54.9 Å². The second kappa shape index (κ2) is 8.54. The van der Waals surface area contributed by atoms with Crippen molar-refractivity contribution in [1.29, 1.82) is 0 Å². The average Bonchev–Trinajstić information content (AvgIpc) is 2.79. The van der Waals surface area contributed by atoms with Gasteiger partial charge in [0.05, 0.1) is 0 Å². The molecule has 0 spiro atoms. The van der Waals surface area contributed by atoms with E-state index in [9.17, 15) is 0 Å². The molecule has 0 fully saturated rings. The van der Waals surface area contributed by atoms with Gasteiger partial charge in [0.15, 0.2) is 0 Å². The highest BCUT2D eigenvalue weighted by molar-refractivity contribution is 7.98. The van der Waals surface area contributed by atoms with Gasteiger partial charge in [0.1, 0.15) is 12.3 Å². The van der Waals surface area contributed by atoms with Gasteiger partial charge in [0.2, 0.25) is 0 Å². The van der Waals surface area contributed by atoms with Crippen molar-refractivity contribution < 1.29 is 4.84 Å². The van der Waals surface area contributed by atoms with E-state index in [-0.39, 0.29) is 0 Å². The fourth-order valence-corrected chi connectivity index (χ4v) is 4.09. The predicted octanol–water partition coefficient (Wildman–Crippen LogP) is 4.71. The number of rotatable bonds is 6. The van der Waals surface area contributed by atoms with E-state index < -0.39 is 0 Å². The Bertz CT molecular complexity index is 753. The first kappa shape index (κ1) is 18.0. The lowest BCUT2D eigenvalue weighted by Crippen LogP contribution is -2.26. The summed E-state index contributed by atoms with van der Waals surface area (Å²) >= 11 is 1.87. The van der Waals surface area contributed by atoms with Crippen molar-refractivity contribution in [2.75, 3.05) is 26.2 Å². The number of likely N-dealkylation sites (N-methyl/N-ethyl adjacent to an activating group) is 1. The molecular formula is C21H26N2OS. The van der Waals surface area contributed by atoms with Gasteiger partial charge in [-0.3, -0.25) is 0 Å². The minimum Gasteiger partial charge on any atom is -0.394 e. The van der Waals surface area contributed by atoms with Crippen molar-refractivity contribution in [3.63, 3.8) is 0 Å². The highest BCUT2D eigenvalue weighted by Gasteiger charge is 2.20. The summed E-state index contributed by atoms with van der Waals surface area (Å²) in [5, 5.41) is 4.58. The molecule has 0 saturated heterocycles. The summed E-state index contributed by atoms with van der Waals surface area (Å²) in [7, 11) is 0. The van der Waals surface area contributed by atoms with Gasteiger partial charge in [0, 0.05) is 28.3 Å². The molecule has 2 aromatic rings. The maximum absolute atomic E-state index is 5.75. The number of thioether (sulfide) groups is 1. The minimum absolute atomic E-state index is 0.613. The molecular weight excluding hydrogens is 328 g/mol. The van der Waals surface area contributed by atoms with Crippen LogP contribution in [0.15, 0.2) is 52.5 Å². The number of fused-ring (bicyclic) bond motifs is 2. The van der Waals surface area contributed by atoms with Gasteiger partial charge in [0.25, 0.3) is 0 Å². The van der Waals surface area contributed by atoms with E-state index in [0.29, 0.717) is 6.61 Å². The minimum atomic E-state index is 0.613. The van der Waals surface area contributed by atoms with E-state index in [0.717, 1.165) is 31.1 Å². The van der Waals surface area contributed by atoms with Crippen LogP contribution in [0, 0.1) is 6.92 Å². The van der Waals surface area contributed by atoms with Crippen LogP contribution in [-0.2, 0) is 10.6 Å². The number of hydrogen-bond acceptors (Lipinski definition) is 4. The van der Waals surface area contributed by atoms with Crippen LogP contribution in [0.4, 0.5) is 0 Å². The van der Waals surface area contributed by atoms with Crippen LogP contribution in [0.1, 0.15) is 36.1 Å². The third-order valence-corrected chi connectivity index (χ3v) is 5.72. The molecule has 0 unspecified atom stereocenters. The number of oxime groups is 1. The molecule has 3 nitrogen and oxygen atoms in total. The summed E-state index contributed by atoms with van der Waals surface area (Å²) in [5.41, 5.74) is 5.88. The molecule has 1 aliphatic heterocycles. The summed E-state index contributed by atoms with van der Waals surface area (Å²) in [6.45, 7) is 10.1. The van der Waals surface area contributed by atoms with Gasteiger partial charge in [-0.15, -0.1) is 11.8 Å². The second-order valence-corrected chi connectivity index (χ2v) is 7.26. The van der Waals surface area contributed by atoms with Gasteiger partial charge < -0.3 is 9.74 Å². The largest absolute Gasteiger partial charge is 0.394 e. The Morgan fingerprint density at radius 3 is 2.68 bits per heavy atom. The van der Waals surface area contributed by atoms with Crippen molar-refractivity contribution >= 4 is 17.5 Å². The zero-order valence-electron chi connectivity index (χ0n) is 15.3. The van der Waals surface area contributed by atoms with Gasteiger partial charge in [-0.25, -0.2) is 0 Å². The van der Waals surface area contributed by atoms with E-state index in [4.69, 9.17) is 4.84 Å². The Kier molecular flexibility index (Phi) is 6.16. The van der Waals surface area contributed by atoms with Crippen LogP contribution in [0.3, 0.4) is 0 Å². The summed E-state index contributed by atoms with van der Waals surface area (Å²) in [5.74, 6) is 0.963. The molecule has 0 N–H and O–H groups in total. The molecule has 1 aliphatic rings. The van der Waals surface area contributed by atoms with Crippen LogP contribution in [0.5, 0.6) is 0 Å². The molecule has 4 heteroatoms. The third kappa shape index (κ3) is 4.25. The lowest BCUT2D eigenvalue weighted by molar-refractivity contribution is 0.114. The maximum atomic E-state index is 5.75. The van der Waals surface area contributed by atoms with Crippen molar-refractivity contribution in [1.82, 2.24) is 4.90 Å². The Morgan fingerprint density at radius 2 is 1.88 bits per heavy atom. The van der Waals surface area contributed by atoms with Crippen molar-refractivity contribution in [3.8, 4) is 0 Å². The van der Waals surface area contributed by atoms with Crippen LogP contribution in [-0.4, -0.2) is 36.9 Å². The van der Waals surface area contributed by atoms with Gasteiger partial charge in [-0.05, 0) is 37.7 Å². The van der Waals surface area contributed by atoms with E-state index in [2.05, 4.69) is 73.3 Å². The molecule has 0 aliphatic carbocycles. The Balaban J connectivity index is 1.90. The topological polar surface area (TPSA) is 24.8 Å². The normalized spacial score (nSPS) is 15.0. The first-order valence-corrected chi connectivity index (χ1v) is 9.96. The first-order chi connectivity index (χ1) is 12.2. The molecule has 0 radical (unpaired) electrons. The van der Waals surface area contributed by atoms with Crippen LogP contribution in [0.2, 0.25) is 0 Å². The van der Waals surface area contributed by atoms with Crippen molar-refractivity contribution in [2.24, 2.45) is 5.16 Å². The monoisotopic (exact) mass is 354 g/mol. The number of benzene rings is 2. The quantitative estimate of drug-likeness (QED) is 0.555. The molecule has 25 heavy (non-hydrogen) atoms. The molecule has 0 amide bonds. The van der Waals surface area contributed by atoms with Crippen LogP contribution in [0.25, 0.3) is 0 Å². The molecule has 0 saturated carbocycles. The smallest absolute Gasteiger partial charge is 0.129 e. The van der Waals surface area contributed by atoms with Crippen molar-refractivity contribution in [3.05, 3.63) is 64.7 Å². The summed E-state index contributed by atoms with van der Waals surface area (Å²) in [6.07, 6.45) is 0. The van der Waals surface area contributed by atoms with E-state index >= 15 is 0 Å². The molecule has 0 bridgehead atoms. The Hall–Kier alpha value is -1.78. The van der Waals surface area contributed by atoms with Crippen LogP contribution < -0.4 is 0 Å². The summed E-state index contributed by atoms with van der Waals surface area (Å²) in [6, 6.07) is 15.1. The van der Waals surface area contributed by atoms with E-state index in [1.54, 1.807) is 0 Å². The highest BCUT2D eigenvalue weighted by Crippen LogP contribution is 2.34. The summed E-state index contributed by atoms with van der Waals surface area (Å²) < 4.78 is 0. The molecule has 3 rings (SSSR count). The molecule has 2 aromatic carbocycles.